The van der Waals surface area contributed by atoms with Gasteiger partial charge in [-0.05, 0) is 24.8 Å². The maximum Gasteiger partial charge on any atom is 0.264 e. The van der Waals surface area contributed by atoms with Crippen molar-refractivity contribution >= 4 is 23.2 Å². The normalized spacial score (nSPS) is 26.1. The number of ether oxygens (including phenoxy) is 1. The van der Waals surface area contributed by atoms with E-state index in [9.17, 15) is 9.59 Å². The first-order valence-corrected chi connectivity index (χ1v) is 8.23. The van der Waals surface area contributed by atoms with E-state index in [-0.39, 0.29) is 35.4 Å². The van der Waals surface area contributed by atoms with E-state index >= 15 is 0 Å². The Morgan fingerprint density at radius 1 is 1.45 bits per heavy atom. The highest BCUT2D eigenvalue weighted by Crippen LogP contribution is 2.51. The number of thiophene rings is 1. The number of nitrogens with one attached hydrogen (secondary N) is 1. The molecule has 2 atom stereocenters. The summed E-state index contributed by atoms with van der Waals surface area (Å²) in [6.45, 7) is 6.30. The van der Waals surface area contributed by atoms with Crippen LogP contribution >= 0.6 is 11.3 Å². The summed E-state index contributed by atoms with van der Waals surface area (Å²) < 4.78 is 5.55. The van der Waals surface area contributed by atoms with Crippen LogP contribution in [0.15, 0.2) is 17.5 Å². The molecule has 0 spiro atoms. The molecule has 5 nitrogen and oxygen atoms in total. The molecule has 0 saturated heterocycles. The first-order chi connectivity index (χ1) is 10.2. The van der Waals surface area contributed by atoms with Crippen LogP contribution < -0.4 is 5.32 Å². The molecule has 0 aliphatic heterocycles. The molecule has 1 aliphatic rings. The van der Waals surface area contributed by atoms with Gasteiger partial charge in [-0.3, -0.25) is 9.59 Å². The van der Waals surface area contributed by atoms with E-state index in [1.165, 1.54) is 16.2 Å². The number of carbonyl (C=O) groups is 2. The molecule has 1 fully saturated rings. The van der Waals surface area contributed by atoms with Gasteiger partial charge in [0.2, 0.25) is 5.91 Å². The molecule has 1 saturated carbocycles. The van der Waals surface area contributed by atoms with Crippen LogP contribution in [0.3, 0.4) is 0 Å². The summed E-state index contributed by atoms with van der Waals surface area (Å²) in [6, 6.07) is 3.66. The fraction of sp³-hybridized carbons (Fsp3) is 0.625. The number of amides is 2. The lowest BCUT2D eigenvalue weighted by molar-refractivity contribution is -0.182. The molecule has 6 heteroatoms. The maximum atomic E-state index is 12.2. The van der Waals surface area contributed by atoms with Crippen molar-refractivity contribution in [2.45, 2.75) is 38.8 Å². The van der Waals surface area contributed by atoms with Crippen LogP contribution in [0.25, 0.3) is 0 Å². The lowest BCUT2D eigenvalue weighted by Crippen LogP contribution is -2.69. The molecule has 1 aromatic rings. The van der Waals surface area contributed by atoms with E-state index in [0.717, 1.165) is 6.42 Å². The fourth-order valence-electron chi connectivity index (χ4n) is 2.84. The van der Waals surface area contributed by atoms with Crippen LogP contribution in [0.1, 0.15) is 36.9 Å². The standard InChI is InChI=1S/C16H24N2O3S/c1-15(2)12(9-16(15,3)21-5)17-13(19)10-18(4)14(20)11-7-6-8-22-11/h6-8,12H,9-10H2,1-5H3,(H,17,19)/t12-,16+/m1/s1. The Kier molecular flexibility index (Phi) is 4.63. The Labute approximate surface area is 135 Å². The Morgan fingerprint density at radius 2 is 2.14 bits per heavy atom. The second-order valence-corrected chi connectivity index (χ2v) is 7.57. The van der Waals surface area contributed by atoms with Crippen molar-refractivity contribution in [3.63, 3.8) is 0 Å². The van der Waals surface area contributed by atoms with Gasteiger partial charge in [-0.1, -0.05) is 19.9 Å². The fourth-order valence-corrected chi connectivity index (χ4v) is 3.56. The Balaban J connectivity index is 1.88. The molecule has 1 aromatic heterocycles. The number of rotatable bonds is 5. The van der Waals surface area contributed by atoms with Crippen LogP contribution in [0.5, 0.6) is 0 Å². The van der Waals surface area contributed by atoms with Crippen LogP contribution in [-0.2, 0) is 9.53 Å². The van der Waals surface area contributed by atoms with Crippen LogP contribution in [0.4, 0.5) is 0 Å². The zero-order chi connectivity index (χ0) is 16.5. The summed E-state index contributed by atoms with van der Waals surface area (Å²) in [7, 11) is 3.35. The molecule has 0 bridgehead atoms. The lowest BCUT2D eigenvalue weighted by Gasteiger charge is -2.59. The number of nitrogens with zero attached hydrogens (tertiary/aromatic N) is 1. The van der Waals surface area contributed by atoms with Gasteiger partial charge in [0.05, 0.1) is 17.0 Å². The quantitative estimate of drug-likeness (QED) is 0.903. The van der Waals surface area contributed by atoms with Gasteiger partial charge in [0.25, 0.3) is 5.91 Å². The van der Waals surface area contributed by atoms with Gasteiger partial charge in [0, 0.05) is 25.6 Å². The van der Waals surface area contributed by atoms with E-state index in [4.69, 9.17) is 4.74 Å². The van der Waals surface area contributed by atoms with Gasteiger partial charge in [-0.25, -0.2) is 0 Å². The molecular weight excluding hydrogens is 300 g/mol. The molecule has 0 aromatic carbocycles. The molecule has 122 valence electrons. The average molecular weight is 324 g/mol. The topological polar surface area (TPSA) is 58.6 Å². The summed E-state index contributed by atoms with van der Waals surface area (Å²) in [5, 5.41) is 4.87. The summed E-state index contributed by atoms with van der Waals surface area (Å²) in [5.41, 5.74) is -0.350. The van der Waals surface area contributed by atoms with Crippen LogP contribution in [0.2, 0.25) is 0 Å². The summed E-state index contributed by atoms with van der Waals surface area (Å²) in [5.74, 6) is -0.261. The minimum absolute atomic E-state index is 0.0625. The van der Waals surface area contributed by atoms with Gasteiger partial charge in [0.15, 0.2) is 0 Å². The van der Waals surface area contributed by atoms with Crippen LogP contribution in [0, 0.1) is 5.41 Å². The van der Waals surface area contributed by atoms with Crippen molar-refractivity contribution in [2.75, 3.05) is 20.7 Å². The third kappa shape index (κ3) is 2.90. The zero-order valence-corrected chi connectivity index (χ0v) is 14.6. The molecular formula is C16H24N2O3S. The third-order valence-electron chi connectivity index (χ3n) is 5.07. The number of likely N-dealkylation sites (N-methyl/N-ethyl adjacent to an activating group) is 1. The first kappa shape index (κ1) is 17.0. The smallest absolute Gasteiger partial charge is 0.264 e. The highest BCUT2D eigenvalue weighted by Gasteiger charge is 2.58. The van der Waals surface area contributed by atoms with Gasteiger partial charge >= 0.3 is 0 Å². The van der Waals surface area contributed by atoms with Crippen molar-refractivity contribution in [3.05, 3.63) is 22.4 Å². The summed E-state index contributed by atoms with van der Waals surface area (Å²) >= 11 is 1.38. The molecule has 0 radical (unpaired) electrons. The Bertz CT molecular complexity index is 556. The SMILES string of the molecule is CO[C@@]1(C)C[C@@H](NC(=O)CN(C)C(=O)c2cccs2)C1(C)C. The molecule has 1 heterocycles. The second-order valence-electron chi connectivity index (χ2n) is 6.62. The highest BCUT2D eigenvalue weighted by atomic mass is 32.1. The number of methoxy groups -OCH3 is 1. The van der Waals surface area contributed by atoms with Gasteiger partial charge in [0.1, 0.15) is 0 Å². The number of carbonyl (C=O) groups excluding carboxylic acids is 2. The van der Waals surface area contributed by atoms with Crippen molar-refractivity contribution < 1.29 is 14.3 Å². The maximum absolute atomic E-state index is 12.2. The van der Waals surface area contributed by atoms with Gasteiger partial charge < -0.3 is 15.0 Å². The van der Waals surface area contributed by atoms with Crippen molar-refractivity contribution in [2.24, 2.45) is 5.41 Å². The molecule has 22 heavy (non-hydrogen) atoms. The minimum atomic E-state index is -0.219. The van der Waals surface area contributed by atoms with Crippen molar-refractivity contribution in [1.82, 2.24) is 10.2 Å². The predicted molar refractivity (Wildman–Crippen MR) is 87.0 cm³/mol. The number of hydrogen-bond donors (Lipinski definition) is 1. The summed E-state index contributed by atoms with van der Waals surface area (Å²) in [4.78, 5) is 26.4. The van der Waals surface area contributed by atoms with E-state index in [1.54, 1.807) is 20.2 Å². The molecule has 1 aliphatic carbocycles. The summed E-state index contributed by atoms with van der Waals surface area (Å²) in [6.07, 6.45) is 0.783. The molecule has 2 rings (SSSR count). The average Bonchev–Trinajstić information content (AvgIpc) is 2.99. The van der Waals surface area contributed by atoms with E-state index < -0.39 is 0 Å². The van der Waals surface area contributed by atoms with E-state index in [0.29, 0.717) is 4.88 Å². The first-order valence-electron chi connectivity index (χ1n) is 7.35. The van der Waals surface area contributed by atoms with E-state index in [2.05, 4.69) is 26.1 Å². The minimum Gasteiger partial charge on any atom is -0.378 e. The zero-order valence-electron chi connectivity index (χ0n) is 13.8. The third-order valence-corrected chi connectivity index (χ3v) is 5.93. The molecule has 0 unspecified atom stereocenters. The molecule has 1 N–H and O–H groups in total. The largest absolute Gasteiger partial charge is 0.378 e. The van der Waals surface area contributed by atoms with Gasteiger partial charge in [-0.2, -0.15) is 0 Å². The Hall–Kier alpha value is -1.40. The second kappa shape index (κ2) is 6.01. The Morgan fingerprint density at radius 3 is 2.64 bits per heavy atom. The predicted octanol–water partition coefficient (Wildman–Crippen LogP) is 2.14. The van der Waals surface area contributed by atoms with Crippen molar-refractivity contribution in [1.29, 1.82) is 0 Å². The highest BCUT2D eigenvalue weighted by molar-refractivity contribution is 7.12. The number of hydrogen-bond acceptors (Lipinski definition) is 4. The lowest BCUT2D eigenvalue weighted by atomic mass is 9.56. The van der Waals surface area contributed by atoms with Crippen molar-refractivity contribution in [3.8, 4) is 0 Å². The van der Waals surface area contributed by atoms with E-state index in [1.807, 2.05) is 11.4 Å². The molecule has 2 amide bonds. The van der Waals surface area contributed by atoms with Crippen LogP contribution in [-0.4, -0.2) is 49.1 Å². The van der Waals surface area contributed by atoms with Gasteiger partial charge in [-0.15, -0.1) is 11.3 Å². The monoisotopic (exact) mass is 324 g/mol.